The molecule has 2 nitrogen and oxygen atoms in total. The molecule has 1 heterocycles. The van der Waals surface area contributed by atoms with Crippen LogP contribution >= 0.6 is 0 Å². The zero-order chi connectivity index (χ0) is 9.68. The van der Waals surface area contributed by atoms with Crippen LogP contribution in [0.1, 0.15) is 37.2 Å². The van der Waals surface area contributed by atoms with Crippen LogP contribution in [0.5, 0.6) is 0 Å². The lowest BCUT2D eigenvalue weighted by molar-refractivity contribution is 1.04. The van der Waals surface area contributed by atoms with E-state index in [1.807, 2.05) is 19.9 Å². The van der Waals surface area contributed by atoms with E-state index in [1.54, 1.807) is 0 Å². The number of H-pyrrole nitrogens is 1. The summed E-state index contributed by atoms with van der Waals surface area (Å²) in [6, 6.07) is 0. The Balaban J connectivity index is 3.00. The summed E-state index contributed by atoms with van der Waals surface area (Å²) in [5.74, 6) is 0. The van der Waals surface area contributed by atoms with Gasteiger partial charge in [0.15, 0.2) is 0 Å². The van der Waals surface area contributed by atoms with Crippen molar-refractivity contribution in [1.82, 2.24) is 10.2 Å². The van der Waals surface area contributed by atoms with Crippen LogP contribution in [0.3, 0.4) is 0 Å². The van der Waals surface area contributed by atoms with Gasteiger partial charge in [0.05, 0.1) is 5.69 Å². The number of aromatic amines is 1. The largest absolute Gasteiger partial charge is 0.282 e. The first kappa shape index (κ1) is 9.78. The van der Waals surface area contributed by atoms with Crippen molar-refractivity contribution in [3.63, 3.8) is 0 Å². The number of hydrogen-bond donors (Lipinski definition) is 1. The molecule has 13 heavy (non-hydrogen) atoms. The summed E-state index contributed by atoms with van der Waals surface area (Å²) in [4.78, 5) is 0. The molecule has 1 N–H and O–H groups in total. The Labute approximate surface area is 79.4 Å². The van der Waals surface area contributed by atoms with Crippen LogP contribution in [0.15, 0.2) is 12.2 Å². The molecule has 1 aromatic heterocycles. The summed E-state index contributed by atoms with van der Waals surface area (Å²) < 4.78 is 0. The molecule has 0 fully saturated rings. The number of aromatic nitrogens is 2. The molecule has 0 aliphatic rings. The average Bonchev–Trinajstić information content (AvgIpc) is 2.46. The van der Waals surface area contributed by atoms with Crippen molar-refractivity contribution in [3.8, 4) is 0 Å². The second-order valence-electron chi connectivity index (χ2n) is 2.96. The molecule has 0 spiro atoms. The Morgan fingerprint density at radius 1 is 1.38 bits per heavy atom. The van der Waals surface area contributed by atoms with Gasteiger partial charge < -0.3 is 0 Å². The van der Waals surface area contributed by atoms with Crippen LogP contribution in [-0.2, 0) is 0 Å². The SMILES string of the molecule is C/C=C\c1c(/C=C\CC)n[nH]c1C. The molecule has 0 aromatic carbocycles. The molecule has 2 heteroatoms. The Morgan fingerprint density at radius 3 is 2.77 bits per heavy atom. The standard InChI is InChI=1S/C11H16N2/c1-4-6-8-11-10(7-5-2)9(3)12-13-11/h5-8H,4H2,1-3H3,(H,12,13)/b7-5-,8-6-. The second kappa shape index (κ2) is 4.65. The molecule has 0 radical (unpaired) electrons. The maximum absolute atomic E-state index is 4.21. The van der Waals surface area contributed by atoms with E-state index < -0.39 is 0 Å². The van der Waals surface area contributed by atoms with Gasteiger partial charge in [-0.1, -0.05) is 25.2 Å². The van der Waals surface area contributed by atoms with Gasteiger partial charge in [0, 0.05) is 11.3 Å². The summed E-state index contributed by atoms with van der Waals surface area (Å²) in [5, 5.41) is 7.19. The van der Waals surface area contributed by atoms with Crippen LogP contribution in [0, 0.1) is 6.92 Å². The number of aryl methyl sites for hydroxylation is 1. The summed E-state index contributed by atoms with van der Waals surface area (Å²) in [6.45, 7) is 6.16. The maximum Gasteiger partial charge on any atom is 0.0920 e. The highest BCUT2D eigenvalue weighted by molar-refractivity contribution is 5.63. The van der Waals surface area contributed by atoms with E-state index in [9.17, 15) is 0 Å². The predicted octanol–water partition coefficient (Wildman–Crippen LogP) is 3.17. The lowest BCUT2D eigenvalue weighted by atomic mass is 10.1. The summed E-state index contributed by atoms with van der Waals surface area (Å²) in [6.07, 6.45) is 9.32. The van der Waals surface area contributed by atoms with Crippen molar-refractivity contribution in [1.29, 1.82) is 0 Å². The van der Waals surface area contributed by atoms with Crippen LogP contribution in [0.25, 0.3) is 12.2 Å². The minimum atomic E-state index is 1.03. The second-order valence-corrected chi connectivity index (χ2v) is 2.96. The monoisotopic (exact) mass is 176 g/mol. The van der Waals surface area contributed by atoms with Crippen molar-refractivity contribution in [2.24, 2.45) is 0 Å². The molecule has 0 saturated carbocycles. The summed E-state index contributed by atoms with van der Waals surface area (Å²) in [5.41, 5.74) is 3.33. The van der Waals surface area contributed by atoms with Crippen molar-refractivity contribution in [2.75, 3.05) is 0 Å². The van der Waals surface area contributed by atoms with Gasteiger partial charge >= 0.3 is 0 Å². The molecule has 0 unspecified atom stereocenters. The van der Waals surface area contributed by atoms with Gasteiger partial charge in [0.1, 0.15) is 0 Å². The van der Waals surface area contributed by atoms with Gasteiger partial charge in [-0.2, -0.15) is 5.10 Å². The van der Waals surface area contributed by atoms with Gasteiger partial charge in [-0.25, -0.2) is 0 Å². The van der Waals surface area contributed by atoms with Gasteiger partial charge in [0.25, 0.3) is 0 Å². The number of nitrogens with one attached hydrogen (secondary N) is 1. The number of allylic oxidation sites excluding steroid dienone is 2. The van der Waals surface area contributed by atoms with Gasteiger partial charge in [-0.05, 0) is 26.3 Å². The molecular formula is C11H16N2. The maximum atomic E-state index is 4.21. The predicted molar refractivity (Wildman–Crippen MR) is 57.4 cm³/mol. The molecule has 0 aliphatic carbocycles. The molecule has 0 atom stereocenters. The highest BCUT2D eigenvalue weighted by Gasteiger charge is 2.02. The van der Waals surface area contributed by atoms with Crippen LogP contribution in [0.4, 0.5) is 0 Å². The molecule has 1 aromatic rings. The van der Waals surface area contributed by atoms with Crippen molar-refractivity contribution in [3.05, 3.63) is 29.1 Å². The first-order valence-corrected chi connectivity index (χ1v) is 4.63. The van der Waals surface area contributed by atoms with Crippen LogP contribution < -0.4 is 0 Å². The van der Waals surface area contributed by atoms with Crippen LogP contribution in [-0.4, -0.2) is 10.2 Å². The number of nitrogens with zero attached hydrogens (tertiary/aromatic N) is 1. The van der Waals surface area contributed by atoms with Gasteiger partial charge in [-0.3, -0.25) is 5.10 Å². The normalized spacial score (nSPS) is 11.9. The Kier molecular flexibility index (Phi) is 3.50. The fourth-order valence-corrected chi connectivity index (χ4v) is 1.19. The van der Waals surface area contributed by atoms with Gasteiger partial charge in [0.2, 0.25) is 0 Å². The molecule has 0 amide bonds. The highest BCUT2D eigenvalue weighted by atomic mass is 15.1. The summed E-state index contributed by atoms with van der Waals surface area (Å²) in [7, 11) is 0. The smallest absolute Gasteiger partial charge is 0.0920 e. The topological polar surface area (TPSA) is 28.7 Å². The Morgan fingerprint density at radius 2 is 2.15 bits per heavy atom. The van der Waals surface area contributed by atoms with E-state index in [0.717, 1.165) is 17.8 Å². The van der Waals surface area contributed by atoms with E-state index in [1.165, 1.54) is 5.56 Å². The fraction of sp³-hybridized carbons (Fsp3) is 0.364. The fourth-order valence-electron chi connectivity index (χ4n) is 1.19. The quantitative estimate of drug-likeness (QED) is 0.752. The lowest BCUT2D eigenvalue weighted by Crippen LogP contribution is -1.77. The summed E-state index contributed by atoms with van der Waals surface area (Å²) >= 11 is 0. The Bertz CT molecular complexity index is 319. The molecule has 70 valence electrons. The van der Waals surface area contributed by atoms with E-state index >= 15 is 0 Å². The first-order chi connectivity index (χ1) is 6.29. The molecule has 1 rings (SSSR count). The zero-order valence-electron chi connectivity index (χ0n) is 8.46. The minimum Gasteiger partial charge on any atom is -0.282 e. The third kappa shape index (κ3) is 2.31. The number of hydrogen-bond acceptors (Lipinski definition) is 1. The molecular weight excluding hydrogens is 160 g/mol. The first-order valence-electron chi connectivity index (χ1n) is 4.63. The molecule has 0 bridgehead atoms. The zero-order valence-corrected chi connectivity index (χ0v) is 8.46. The van der Waals surface area contributed by atoms with Crippen LogP contribution in [0.2, 0.25) is 0 Å². The van der Waals surface area contributed by atoms with Crippen molar-refractivity contribution < 1.29 is 0 Å². The van der Waals surface area contributed by atoms with Crippen molar-refractivity contribution in [2.45, 2.75) is 27.2 Å². The number of rotatable bonds is 3. The van der Waals surface area contributed by atoms with E-state index in [-0.39, 0.29) is 0 Å². The Hall–Kier alpha value is -1.31. The highest BCUT2D eigenvalue weighted by Crippen LogP contribution is 2.14. The third-order valence-corrected chi connectivity index (χ3v) is 1.87. The van der Waals surface area contributed by atoms with Crippen molar-refractivity contribution >= 4 is 12.2 Å². The average molecular weight is 176 g/mol. The molecule has 0 aliphatic heterocycles. The van der Waals surface area contributed by atoms with Gasteiger partial charge in [-0.15, -0.1) is 0 Å². The third-order valence-electron chi connectivity index (χ3n) is 1.87. The van der Waals surface area contributed by atoms with E-state index in [0.29, 0.717) is 0 Å². The van der Waals surface area contributed by atoms with E-state index in [4.69, 9.17) is 0 Å². The van der Waals surface area contributed by atoms with E-state index in [2.05, 4.69) is 35.3 Å². The molecule has 0 saturated heterocycles. The minimum absolute atomic E-state index is 1.03. The lowest BCUT2D eigenvalue weighted by Gasteiger charge is -1.90.